The number of hydrogen-bond donors (Lipinski definition) is 1. The van der Waals surface area contributed by atoms with Crippen molar-refractivity contribution in [2.24, 2.45) is 5.92 Å². The van der Waals surface area contributed by atoms with E-state index in [-0.39, 0.29) is 6.10 Å². The molecular weight excluding hydrogens is 116 g/mol. The molecule has 2 atom stereocenters. The largest absolute Gasteiger partial charge is 0.393 e. The zero-order valence-electron chi connectivity index (χ0n) is 6.42. The predicted molar refractivity (Wildman–Crippen MR) is 37.3 cm³/mol. The van der Waals surface area contributed by atoms with Crippen molar-refractivity contribution in [3.8, 4) is 0 Å². The highest BCUT2D eigenvalue weighted by Gasteiger charge is 2.10. The third-order valence-electron chi connectivity index (χ3n) is 1.59. The molecule has 1 N–H and O–H groups in total. The predicted octanol–water partition coefficient (Wildman–Crippen LogP) is 1.04. The van der Waals surface area contributed by atoms with E-state index < -0.39 is 0 Å². The maximum atomic E-state index is 9.06. The summed E-state index contributed by atoms with van der Waals surface area (Å²) in [5.41, 5.74) is 0. The van der Waals surface area contributed by atoms with Gasteiger partial charge in [0, 0.05) is 13.0 Å². The molecule has 0 amide bonds. The van der Waals surface area contributed by atoms with E-state index in [4.69, 9.17) is 9.84 Å². The molecule has 0 aliphatic rings. The molecule has 2 nitrogen and oxygen atoms in total. The van der Waals surface area contributed by atoms with Gasteiger partial charge in [0.25, 0.3) is 0 Å². The first kappa shape index (κ1) is 8.92. The molecule has 0 aliphatic heterocycles. The third kappa shape index (κ3) is 3.49. The average Bonchev–Trinajstić information content (AvgIpc) is 1.82. The molecule has 0 saturated carbocycles. The maximum Gasteiger partial charge on any atom is 0.0562 e. The monoisotopic (exact) mass is 132 g/mol. The summed E-state index contributed by atoms with van der Waals surface area (Å²) >= 11 is 0. The van der Waals surface area contributed by atoms with E-state index in [1.807, 2.05) is 0 Å². The number of methoxy groups -OCH3 is 1. The number of hydrogen-bond acceptors (Lipinski definition) is 2. The van der Waals surface area contributed by atoms with Crippen LogP contribution in [-0.4, -0.2) is 24.9 Å². The Balaban J connectivity index is 3.41. The fourth-order valence-electron chi connectivity index (χ4n) is 0.812. The molecule has 0 aromatic heterocycles. The van der Waals surface area contributed by atoms with Crippen molar-refractivity contribution < 1.29 is 9.84 Å². The minimum Gasteiger partial charge on any atom is -0.393 e. The van der Waals surface area contributed by atoms with Crippen molar-refractivity contribution in [1.29, 1.82) is 0 Å². The molecule has 0 aliphatic carbocycles. The second kappa shape index (κ2) is 4.77. The van der Waals surface area contributed by atoms with E-state index in [1.165, 1.54) is 0 Å². The fourth-order valence-corrected chi connectivity index (χ4v) is 0.812. The van der Waals surface area contributed by atoms with Gasteiger partial charge < -0.3 is 9.84 Å². The van der Waals surface area contributed by atoms with Crippen LogP contribution in [-0.2, 0) is 4.74 Å². The molecule has 2 heteroatoms. The smallest absolute Gasteiger partial charge is 0.0562 e. The summed E-state index contributed by atoms with van der Waals surface area (Å²) in [6.45, 7) is 4.51. The normalized spacial score (nSPS) is 17.3. The minimum absolute atomic E-state index is 0.241. The van der Waals surface area contributed by atoms with Crippen molar-refractivity contribution in [1.82, 2.24) is 0 Å². The molecule has 0 bridgehead atoms. The first-order valence-electron chi connectivity index (χ1n) is 3.39. The molecule has 0 aromatic rings. The molecule has 0 aromatic carbocycles. The highest BCUT2D eigenvalue weighted by Crippen LogP contribution is 2.07. The van der Waals surface area contributed by atoms with Crippen molar-refractivity contribution in [2.45, 2.75) is 26.4 Å². The Morgan fingerprint density at radius 2 is 2.11 bits per heavy atom. The molecule has 0 radical (unpaired) electrons. The molecule has 0 fully saturated rings. The first-order chi connectivity index (χ1) is 4.22. The van der Waals surface area contributed by atoms with Gasteiger partial charge in [-0.05, 0) is 13.3 Å². The van der Waals surface area contributed by atoms with Crippen LogP contribution in [0.3, 0.4) is 0 Å². The summed E-state index contributed by atoms with van der Waals surface area (Å²) in [5, 5.41) is 9.06. The van der Waals surface area contributed by atoms with E-state index in [1.54, 1.807) is 14.0 Å². The third-order valence-corrected chi connectivity index (χ3v) is 1.59. The second-order valence-corrected chi connectivity index (χ2v) is 2.36. The number of aliphatic hydroxyl groups excluding tert-OH is 1. The van der Waals surface area contributed by atoms with Gasteiger partial charge in [-0.3, -0.25) is 0 Å². The zero-order chi connectivity index (χ0) is 7.28. The standard InChI is InChI=1S/C7H16O2/c1-4-7(5-9-3)6(2)8/h6-8H,4-5H2,1-3H3. The summed E-state index contributed by atoms with van der Waals surface area (Å²) in [4.78, 5) is 0. The van der Waals surface area contributed by atoms with Crippen LogP contribution in [0.4, 0.5) is 0 Å². The molecule has 9 heavy (non-hydrogen) atoms. The zero-order valence-corrected chi connectivity index (χ0v) is 6.42. The first-order valence-corrected chi connectivity index (χ1v) is 3.39. The quantitative estimate of drug-likeness (QED) is 0.619. The Labute approximate surface area is 56.8 Å². The van der Waals surface area contributed by atoms with Gasteiger partial charge in [0.05, 0.1) is 12.7 Å². The van der Waals surface area contributed by atoms with Crippen LogP contribution in [0.1, 0.15) is 20.3 Å². The van der Waals surface area contributed by atoms with E-state index in [0.29, 0.717) is 12.5 Å². The lowest BCUT2D eigenvalue weighted by atomic mass is 10.0. The van der Waals surface area contributed by atoms with Crippen molar-refractivity contribution in [3.63, 3.8) is 0 Å². The Morgan fingerprint density at radius 1 is 1.56 bits per heavy atom. The second-order valence-electron chi connectivity index (χ2n) is 2.36. The summed E-state index contributed by atoms with van der Waals surface area (Å²) < 4.78 is 4.90. The van der Waals surface area contributed by atoms with Gasteiger partial charge in [-0.15, -0.1) is 0 Å². The molecule has 56 valence electrons. The van der Waals surface area contributed by atoms with Gasteiger partial charge in [-0.2, -0.15) is 0 Å². The van der Waals surface area contributed by atoms with E-state index >= 15 is 0 Å². The lowest BCUT2D eigenvalue weighted by Crippen LogP contribution is -2.20. The van der Waals surface area contributed by atoms with Crippen LogP contribution in [0.15, 0.2) is 0 Å². The maximum absolute atomic E-state index is 9.06. The topological polar surface area (TPSA) is 29.5 Å². The molecule has 2 unspecified atom stereocenters. The lowest BCUT2D eigenvalue weighted by molar-refractivity contribution is 0.0570. The highest BCUT2D eigenvalue weighted by atomic mass is 16.5. The molecule has 0 spiro atoms. The van der Waals surface area contributed by atoms with Gasteiger partial charge >= 0.3 is 0 Å². The Bertz CT molecular complexity index is 61.9. The van der Waals surface area contributed by atoms with E-state index in [9.17, 15) is 0 Å². The molecule has 0 saturated heterocycles. The number of ether oxygens (including phenoxy) is 1. The molecule has 0 heterocycles. The van der Waals surface area contributed by atoms with Crippen LogP contribution in [0, 0.1) is 5.92 Å². The number of rotatable bonds is 4. The van der Waals surface area contributed by atoms with Gasteiger partial charge in [-0.1, -0.05) is 6.92 Å². The molecule has 0 rings (SSSR count). The van der Waals surface area contributed by atoms with Gasteiger partial charge in [0.2, 0.25) is 0 Å². The number of aliphatic hydroxyl groups is 1. The lowest BCUT2D eigenvalue weighted by Gasteiger charge is -2.15. The van der Waals surface area contributed by atoms with Gasteiger partial charge in [0.1, 0.15) is 0 Å². The van der Waals surface area contributed by atoms with E-state index in [2.05, 4.69) is 6.92 Å². The highest BCUT2D eigenvalue weighted by molar-refractivity contribution is 4.60. The average molecular weight is 132 g/mol. The summed E-state index contributed by atoms with van der Waals surface area (Å²) in [7, 11) is 1.66. The van der Waals surface area contributed by atoms with Crippen LogP contribution >= 0.6 is 0 Å². The summed E-state index contributed by atoms with van der Waals surface area (Å²) in [5.74, 6) is 0.301. The summed E-state index contributed by atoms with van der Waals surface area (Å²) in [6.07, 6.45) is 0.737. The molecular formula is C7H16O2. The Hall–Kier alpha value is -0.0800. The van der Waals surface area contributed by atoms with Gasteiger partial charge in [-0.25, -0.2) is 0 Å². The fraction of sp³-hybridized carbons (Fsp3) is 1.00. The van der Waals surface area contributed by atoms with E-state index in [0.717, 1.165) is 6.42 Å². The van der Waals surface area contributed by atoms with Gasteiger partial charge in [0.15, 0.2) is 0 Å². The van der Waals surface area contributed by atoms with Crippen molar-refractivity contribution >= 4 is 0 Å². The van der Waals surface area contributed by atoms with Crippen LogP contribution < -0.4 is 0 Å². The Morgan fingerprint density at radius 3 is 2.22 bits per heavy atom. The SMILES string of the molecule is CCC(COC)C(C)O. The van der Waals surface area contributed by atoms with Crippen LogP contribution in [0.2, 0.25) is 0 Å². The van der Waals surface area contributed by atoms with Crippen LogP contribution in [0.25, 0.3) is 0 Å². The van der Waals surface area contributed by atoms with Crippen molar-refractivity contribution in [2.75, 3.05) is 13.7 Å². The van der Waals surface area contributed by atoms with Crippen molar-refractivity contribution in [3.05, 3.63) is 0 Å². The minimum atomic E-state index is -0.241. The summed E-state index contributed by atoms with van der Waals surface area (Å²) in [6, 6.07) is 0. The van der Waals surface area contributed by atoms with Crippen LogP contribution in [0.5, 0.6) is 0 Å². The Kier molecular flexibility index (Phi) is 4.72.